The summed E-state index contributed by atoms with van der Waals surface area (Å²) in [4.78, 5) is 9.62. The second-order valence-corrected chi connectivity index (χ2v) is 1.90. The minimum Gasteiger partial charge on any atom is -0.465 e. The topological polar surface area (TPSA) is 26.3 Å². The molecule has 0 N–H and O–H groups in total. The van der Waals surface area contributed by atoms with E-state index in [2.05, 4.69) is 4.74 Å². The van der Waals surface area contributed by atoms with Crippen LogP contribution in [-0.2, 0) is 9.53 Å². The zero-order valence-electron chi connectivity index (χ0n) is 4.76. The fourth-order valence-corrected chi connectivity index (χ4v) is 0.624. The third-order valence-corrected chi connectivity index (χ3v) is 1.02. The first-order chi connectivity index (χ1) is 3.81. The maximum absolute atomic E-state index is 9.62. The molecule has 0 bridgehead atoms. The largest absolute Gasteiger partial charge is 0.465 e. The minimum absolute atomic E-state index is 0.0370. The van der Waals surface area contributed by atoms with Gasteiger partial charge in [0.05, 0.1) is 6.10 Å². The van der Waals surface area contributed by atoms with Crippen molar-refractivity contribution in [3.63, 3.8) is 0 Å². The molecule has 0 aliphatic carbocycles. The smallest absolute Gasteiger partial charge is 0.293 e. The number of hydrogen-bond donors (Lipinski definition) is 0. The standard InChI is InChI=1S/C5H9ClO2/c1-5(2-3-6)8-4-7/h4-5H,2-3H2,1H3. The Hall–Kier alpha value is -0.240. The van der Waals surface area contributed by atoms with Crippen molar-refractivity contribution in [2.24, 2.45) is 0 Å². The van der Waals surface area contributed by atoms with Gasteiger partial charge in [-0.25, -0.2) is 0 Å². The Kier molecular flexibility index (Phi) is 4.76. The van der Waals surface area contributed by atoms with E-state index in [1.54, 1.807) is 6.92 Å². The summed E-state index contributed by atoms with van der Waals surface area (Å²) < 4.78 is 4.52. The van der Waals surface area contributed by atoms with Gasteiger partial charge < -0.3 is 4.74 Å². The fraction of sp³-hybridized carbons (Fsp3) is 0.800. The second kappa shape index (κ2) is 4.91. The van der Waals surface area contributed by atoms with Gasteiger partial charge in [0.25, 0.3) is 6.47 Å². The third kappa shape index (κ3) is 3.93. The van der Waals surface area contributed by atoms with E-state index in [-0.39, 0.29) is 6.10 Å². The molecule has 0 aromatic carbocycles. The molecular formula is C5H9ClO2. The number of carbonyl (C=O) groups is 1. The first-order valence-corrected chi connectivity index (χ1v) is 2.99. The quantitative estimate of drug-likeness (QED) is 0.429. The number of halogens is 1. The monoisotopic (exact) mass is 136 g/mol. The van der Waals surface area contributed by atoms with Crippen LogP contribution in [0.1, 0.15) is 13.3 Å². The van der Waals surface area contributed by atoms with Gasteiger partial charge in [0.15, 0.2) is 0 Å². The highest BCUT2D eigenvalue weighted by molar-refractivity contribution is 6.17. The predicted molar refractivity (Wildman–Crippen MR) is 31.9 cm³/mol. The van der Waals surface area contributed by atoms with Crippen LogP contribution in [0.4, 0.5) is 0 Å². The van der Waals surface area contributed by atoms with E-state index in [0.717, 1.165) is 6.42 Å². The molecule has 0 aromatic rings. The lowest BCUT2D eigenvalue weighted by atomic mass is 10.3. The van der Waals surface area contributed by atoms with E-state index in [9.17, 15) is 4.79 Å². The van der Waals surface area contributed by atoms with E-state index in [1.807, 2.05) is 0 Å². The van der Waals surface area contributed by atoms with Crippen molar-refractivity contribution < 1.29 is 9.53 Å². The van der Waals surface area contributed by atoms with Gasteiger partial charge in [0.2, 0.25) is 0 Å². The van der Waals surface area contributed by atoms with Crippen molar-refractivity contribution in [2.45, 2.75) is 19.4 Å². The average molecular weight is 137 g/mol. The molecule has 48 valence electrons. The van der Waals surface area contributed by atoms with E-state index in [1.165, 1.54) is 0 Å². The summed E-state index contributed by atoms with van der Waals surface area (Å²) in [5.74, 6) is 0.537. The van der Waals surface area contributed by atoms with Crippen molar-refractivity contribution in [3.8, 4) is 0 Å². The number of rotatable bonds is 4. The van der Waals surface area contributed by atoms with Crippen molar-refractivity contribution in [1.29, 1.82) is 0 Å². The molecule has 0 fully saturated rings. The van der Waals surface area contributed by atoms with Gasteiger partial charge in [-0.3, -0.25) is 4.79 Å². The van der Waals surface area contributed by atoms with Gasteiger partial charge in [0, 0.05) is 5.88 Å². The zero-order valence-corrected chi connectivity index (χ0v) is 5.52. The predicted octanol–water partition coefficient (Wildman–Crippen LogP) is 1.18. The molecule has 0 aliphatic rings. The van der Waals surface area contributed by atoms with Gasteiger partial charge in [-0.1, -0.05) is 0 Å². The Bertz CT molecular complexity index is 65.4. The molecule has 0 aromatic heterocycles. The molecule has 3 heteroatoms. The highest BCUT2D eigenvalue weighted by Crippen LogP contribution is 1.95. The molecule has 0 heterocycles. The summed E-state index contributed by atoms with van der Waals surface area (Å²) in [7, 11) is 0. The Morgan fingerprint density at radius 1 is 1.88 bits per heavy atom. The lowest BCUT2D eigenvalue weighted by Crippen LogP contribution is -2.06. The van der Waals surface area contributed by atoms with Gasteiger partial charge in [0.1, 0.15) is 0 Å². The van der Waals surface area contributed by atoms with Crippen LogP contribution < -0.4 is 0 Å². The van der Waals surface area contributed by atoms with Crippen LogP contribution in [0.25, 0.3) is 0 Å². The molecule has 2 nitrogen and oxygen atoms in total. The van der Waals surface area contributed by atoms with Crippen LogP contribution in [0, 0.1) is 0 Å². The first-order valence-electron chi connectivity index (χ1n) is 2.46. The SMILES string of the molecule is CC(CCCl)OC=O. The Morgan fingerprint density at radius 3 is 2.88 bits per heavy atom. The first kappa shape index (κ1) is 7.76. The fourth-order valence-electron chi connectivity index (χ4n) is 0.317. The molecule has 0 rings (SSSR count). The summed E-state index contributed by atoms with van der Waals surface area (Å²) >= 11 is 5.34. The Labute approximate surface area is 53.8 Å². The molecule has 0 amide bonds. The molecular weight excluding hydrogens is 128 g/mol. The van der Waals surface area contributed by atoms with E-state index < -0.39 is 0 Å². The normalized spacial score (nSPS) is 12.8. The maximum Gasteiger partial charge on any atom is 0.293 e. The summed E-state index contributed by atoms with van der Waals surface area (Å²) in [5.41, 5.74) is 0. The number of carbonyl (C=O) groups excluding carboxylic acids is 1. The van der Waals surface area contributed by atoms with E-state index in [0.29, 0.717) is 12.4 Å². The molecule has 1 atom stereocenters. The molecule has 0 aliphatic heterocycles. The van der Waals surface area contributed by atoms with Crippen molar-refractivity contribution in [2.75, 3.05) is 5.88 Å². The van der Waals surface area contributed by atoms with Gasteiger partial charge >= 0.3 is 0 Å². The summed E-state index contributed by atoms with van der Waals surface area (Å²) in [6.07, 6.45) is 0.685. The van der Waals surface area contributed by atoms with Crippen LogP contribution in [0.5, 0.6) is 0 Å². The summed E-state index contributed by atoms with van der Waals surface area (Å²) in [6.45, 7) is 2.24. The summed E-state index contributed by atoms with van der Waals surface area (Å²) in [5, 5.41) is 0. The van der Waals surface area contributed by atoms with Gasteiger partial charge in [-0.05, 0) is 13.3 Å². The Balaban J connectivity index is 3.03. The Morgan fingerprint density at radius 2 is 2.50 bits per heavy atom. The van der Waals surface area contributed by atoms with Gasteiger partial charge in [-0.2, -0.15) is 0 Å². The van der Waals surface area contributed by atoms with E-state index >= 15 is 0 Å². The lowest BCUT2D eigenvalue weighted by Gasteiger charge is -2.04. The molecule has 1 unspecified atom stereocenters. The zero-order chi connectivity index (χ0) is 6.41. The average Bonchev–Trinajstić information content (AvgIpc) is 1.68. The maximum atomic E-state index is 9.62. The molecule has 8 heavy (non-hydrogen) atoms. The highest BCUT2D eigenvalue weighted by atomic mass is 35.5. The number of ether oxygens (including phenoxy) is 1. The van der Waals surface area contributed by atoms with Crippen LogP contribution in [0.2, 0.25) is 0 Å². The van der Waals surface area contributed by atoms with Crippen LogP contribution in [0.3, 0.4) is 0 Å². The van der Waals surface area contributed by atoms with Gasteiger partial charge in [-0.15, -0.1) is 11.6 Å². The minimum atomic E-state index is -0.0370. The van der Waals surface area contributed by atoms with E-state index in [4.69, 9.17) is 11.6 Å². The second-order valence-electron chi connectivity index (χ2n) is 1.52. The molecule has 0 radical (unpaired) electrons. The highest BCUT2D eigenvalue weighted by Gasteiger charge is 1.97. The van der Waals surface area contributed by atoms with Crippen molar-refractivity contribution in [3.05, 3.63) is 0 Å². The molecule has 0 spiro atoms. The third-order valence-electron chi connectivity index (χ3n) is 0.803. The number of hydrogen-bond acceptors (Lipinski definition) is 2. The molecule has 0 saturated heterocycles. The summed E-state index contributed by atoms with van der Waals surface area (Å²) in [6, 6.07) is 0. The van der Waals surface area contributed by atoms with Crippen molar-refractivity contribution in [1.82, 2.24) is 0 Å². The lowest BCUT2D eigenvalue weighted by molar-refractivity contribution is -0.132. The van der Waals surface area contributed by atoms with Crippen molar-refractivity contribution >= 4 is 18.1 Å². The number of alkyl halides is 1. The molecule has 0 saturated carbocycles. The van der Waals surface area contributed by atoms with Crippen LogP contribution in [0.15, 0.2) is 0 Å². The van der Waals surface area contributed by atoms with Crippen LogP contribution in [-0.4, -0.2) is 18.5 Å². The van der Waals surface area contributed by atoms with Crippen LogP contribution >= 0.6 is 11.6 Å².